The number of fused-ring (bicyclic) bond motifs is 1. The molecule has 1 fully saturated rings. The van der Waals surface area contributed by atoms with Crippen LogP contribution in [0.5, 0.6) is 5.75 Å². The Morgan fingerprint density at radius 2 is 1.60 bits per heavy atom. The SMILES string of the molecule is CN(C)c1cncc(-c2cnc(C(C)(C)N3CCN(C[C@@H](O)C[C@@H](Cc4ccccc4)C(=O)N[C@H]4c5ccccc5OC[C@H]4O)[C@H](C(=O)NCC(F)(F)F)C3)o2)c1.CN(C)c1cncc(Br)c1. The molecule has 4 N–H and O–H groups in total. The molecule has 2 aromatic carbocycles. The first-order chi connectivity index (χ1) is 31.8. The maximum Gasteiger partial charge on any atom is 0.405 e. The predicted octanol–water partition coefficient (Wildman–Crippen LogP) is 5.83. The quantitative estimate of drug-likeness (QED) is 0.0989. The van der Waals surface area contributed by atoms with E-state index >= 15 is 0 Å². The molecule has 0 unspecified atom stereocenters. The van der Waals surface area contributed by atoms with Crippen LogP contribution in [0.3, 0.4) is 0 Å². The number of carbonyl (C=O) groups is 2. The number of aliphatic hydroxyl groups excluding tert-OH is 2. The van der Waals surface area contributed by atoms with Gasteiger partial charge in [-0.3, -0.25) is 29.4 Å². The zero-order valence-corrected chi connectivity index (χ0v) is 40.0. The minimum Gasteiger partial charge on any atom is -0.490 e. The molecule has 1 saturated heterocycles. The Hall–Kier alpha value is -5.60. The minimum absolute atomic E-state index is 0.00617. The van der Waals surface area contributed by atoms with Crippen LogP contribution in [0.25, 0.3) is 11.3 Å². The minimum atomic E-state index is -4.63. The number of anilines is 2. The van der Waals surface area contributed by atoms with Crippen molar-refractivity contribution in [1.82, 2.24) is 35.4 Å². The van der Waals surface area contributed by atoms with Crippen molar-refractivity contribution in [3.05, 3.63) is 119 Å². The first-order valence-electron chi connectivity index (χ1n) is 21.9. The third kappa shape index (κ3) is 13.7. The monoisotopic (exact) mass is 993 g/mol. The summed E-state index contributed by atoms with van der Waals surface area (Å²) in [6.45, 7) is 2.73. The summed E-state index contributed by atoms with van der Waals surface area (Å²) in [5, 5.41) is 27.4. The number of alkyl halides is 3. The van der Waals surface area contributed by atoms with Gasteiger partial charge in [0.1, 0.15) is 31.0 Å². The highest BCUT2D eigenvalue weighted by molar-refractivity contribution is 9.10. The second-order valence-electron chi connectivity index (χ2n) is 17.6. The topological polar surface area (TPSA) is 173 Å². The number of pyridine rings is 2. The molecule has 2 aliphatic rings. The Labute approximate surface area is 397 Å². The standard InChI is InChI=1S/C41H50F3N7O6.C7H9BrN2/c1-40(2,39-46-21-35(57-39)28-17-29(49(3)4)20-45-19-28)51-15-14-50(32(23-51)38(55)47-25-41(42,43)44)22-30(52)18-27(16-26-10-6-5-7-11-26)37(54)48-36-31-12-8-9-13-34(31)56-24-33(36)53;1-10(2)7-3-6(8)4-9-5-7/h5-13,17,19-21,27,30,32-33,36,52-53H,14-16,18,22-25H2,1-4H3,(H,47,55)(H,48,54);3-5H,1-2H3/t27-,30+,32+,33-,36+;/m1./s1. The van der Waals surface area contributed by atoms with E-state index in [4.69, 9.17) is 9.15 Å². The number of hydrogen-bond donors (Lipinski definition) is 4. The van der Waals surface area contributed by atoms with Crippen molar-refractivity contribution in [3.63, 3.8) is 0 Å². The Kier molecular flexibility index (Phi) is 17.0. The molecule has 5 aromatic rings. The maximum absolute atomic E-state index is 14.0. The zero-order valence-electron chi connectivity index (χ0n) is 38.5. The Morgan fingerprint density at radius 1 is 0.925 bits per heavy atom. The molecule has 0 bridgehead atoms. The number of benzene rings is 2. The number of rotatable bonds is 15. The van der Waals surface area contributed by atoms with Gasteiger partial charge in [0.05, 0.1) is 47.7 Å². The molecule has 360 valence electrons. The van der Waals surface area contributed by atoms with Gasteiger partial charge in [0.2, 0.25) is 17.7 Å². The van der Waals surface area contributed by atoms with Crippen LogP contribution < -0.4 is 25.2 Å². The molecule has 0 saturated carbocycles. The van der Waals surface area contributed by atoms with Gasteiger partial charge < -0.3 is 39.8 Å². The number of carbonyl (C=O) groups excluding carboxylic acids is 2. The van der Waals surface area contributed by atoms with Gasteiger partial charge in [-0.15, -0.1) is 0 Å². The van der Waals surface area contributed by atoms with E-state index in [1.54, 1.807) is 54.0 Å². The number of para-hydroxylation sites is 1. The number of aromatic nitrogens is 3. The zero-order chi connectivity index (χ0) is 48.5. The van der Waals surface area contributed by atoms with Crippen LogP contribution in [0.15, 0.2) is 107 Å². The van der Waals surface area contributed by atoms with Crippen molar-refractivity contribution in [1.29, 1.82) is 0 Å². The van der Waals surface area contributed by atoms with E-state index in [0.717, 1.165) is 21.4 Å². The largest absolute Gasteiger partial charge is 0.490 e. The van der Waals surface area contributed by atoms with Crippen LogP contribution in [0.4, 0.5) is 24.5 Å². The van der Waals surface area contributed by atoms with Crippen LogP contribution in [0.1, 0.15) is 43.3 Å². The lowest BCUT2D eigenvalue weighted by Gasteiger charge is -2.46. The van der Waals surface area contributed by atoms with Crippen molar-refractivity contribution in [2.24, 2.45) is 5.92 Å². The Morgan fingerprint density at radius 3 is 2.27 bits per heavy atom. The van der Waals surface area contributed by atoms with Gasteiger partial charge in [0.15, 0.2) is 5.76 Å². The number of aliphatic hydroxyl groups is 2. The van der Waals surface area contributed by atoms with Gasteiger partial charge in [0.25, 0.3) is 0 Å². The lowest BCUT2D eigenvalue weighted by molar-refractivity contribution is -0.144. The second kappa shape index (κ2) is 22.5. The molecule has 5 atom stereocenters. The van der Waals surface area contributed by atoms with Crippen molar-refractivity contribution >= 4 is 39.1 Å². The van der Waals surface area contributed by atoms with Crippen LogP contribution in [-0.2, 0) is 21.5 Å². The van der Waals surface area contributed by atoms with Crippen molar-refractivity contribution in [2.45, 2.75) is 62.7 Å². The summed E-state index contributed by atoms with van der Waals surface area (Å²) < 4.78 is 52.8. The summed E-state index contributed by atoms with van der Waals surface area (Å²) in [6, 6.07) is 18.6. The molecule has 0 radical (unpaired) electrons. The molecule has 15 nitrogen and oxygen atoms in total. The number of oxazole rings is 1. The van der Waals surface area contributed by atoms with Crippen LogP contribution >= 0.6 is 15.9 Å². The molecule has 7 rings (SSSR count). The highest BCUT2D eigenvalue weighted by Crippen LogP contribution is 2.35. The molecule has 2 aliphatic heterocycles. The van der Waals surface area contributed by atoms with E-state index in [1.807, 2.05) is 111 Å². The smallest absolute Gasteiger partial charge is 0.405 e. The molecule has 2 amide bonds. The summed E-state index contributed by atoms with van der Waals surface area (Å²) in [4.78, 5) is 47.9. The number of ether oxygens (including phenoxy) is 1. The fourth-order valence-corrected chi connectivity index (χ4v) is 8.38. The summed E-state index contributed by atoms with van der Waals surface area (Å²) in [5.74, 6) is -0.594. The van der Waals surface area contributed by atoms with E-state index < -0.39 is 54.4 Å². The molecule has 19 heteroatoms. The van der Waals surface area contributed by atoms with Crippen molar-refractivity contribution in [3.8, 4) is 17.1 Å². The second-order valence-corrected chi connectivity index (χ2v) is 18.6. The summed E-state index contributed by atoms with van der Waals surface area (Å²) >= 11 is 3.34. The van der Waals surface area contributed by atoms with Crippen LogP contribution in [-0.4, -0.2) is 139 Å². The third-order valence-corrected chi connectivity index (χ3v) is 12.3. The first-order valence-corrected chi connectivity index (χ1v) is 22.7. The van der Waals surface area contributed by atoms with Crippen LogP contribution in [0, 0.1) is 5.92 Å². The first kappa shape index (κ1) is 50.8. The molecule has 67 heavy (non-hydrogen) atoms. The summed E-state index contributed by atoms with van der Waals surface area (Å²) in [7, 11) is 7.78. The number of amides is 2. The fraction of sp³-hybridized carbons (Fsp3) is 0.438. The highest BCUT2D eigenvalue weighted by Gasteiger charge is 2.43. The number of halogens is 4. The molecule has 5 heterocycles. The number of nitrogens with zero attached hydrogens (tertiary/aromatic N) is 7. The molecular formula is C48H59BrF3N9O6. The van der Waals surface area contributed by atoms with Crippen LogP contribution in [0.2, 0.25) is 0 Å². The molecule has 3 aromatic heterocycles. The van der Waals surface area contributed by atoms with Crippen molar-refractivity contribution < 1.29 is 42.1 Å². The molecular weight excluding hydrogens is 935 g/mol. The van der Waals surface area contributed by atoms with E-state index in [2.05, 4.69) is 36.2 Å². The third-order valence-electron chi connectivity index (χ3n) is 11.9. The Bertz CT molecular complexity index is 2410. The van der Waals surface area contributed by atoms with Gasteiger partial charge in [-0.1, -0.05) is 48.5 Å². The number of hydrogen-bond acceptors (Lipinski definition) is 13. The molecule has 0 spiro atoms. The average Bonchev–Trinajstić information content (AvgIpc) is 3.81. The van der Waals surface area contributed by atoms with E-state index in [-0.39, 0.29) is 45.0 Å². The van der Waals surface area contributed by atoms with Gasteiger partial charge in [-0.2, -0.15) is 13.2 Å². The predicted molar refractivity (Wildman–Crippen MR) is 252 cm³/mol. The van der Waals surface area contributed by atoms with E-state index in [9.17, 15) is 33.0 Å². The molecule has 0 aliphatic carbocycles. The van der Waals surface area contributed by atoms with E-state index in [1.165, 1.54) is 0 Å². The lowest BCUT2D eigenvalue weighted by atomic mass is 9.90. The van der Waals surface area contributed by atoms with Gasteiger partial charge in [-0.25, -0.2) is 4.98 Å². The van der Waals surface area contributed by atoms with Gasteiger partial charge in [0, 0.05) is 88.3 Å². The summed E-state index contributed by atoms with van der Waals surface area (Å²) in [6.07, 6.45) is 2.06. The number of piperazine rings is 1. The fourth-order valence-electron chi connectivity index (χ4n) is 8.03. The Balaban J connectivity index is 0.000000656. The van der Waals surface area contributed by atoms with Crippen molar-refractivity contribution in [2.75, 3.05) is 77.3 Å². The van der Waals surface area contributed by atoms with Gasteiger partial charge >= 0.3 is 6.18 Å². The lowest BCUT2D eigenvalue weighted by Crippen LogP contribution is -2.63. The number of nitrogens with one attached hydrogen (secondary N) is 2. The average molecular weight is 995 g/mol. The maximum atomic E-state index is 14.0. The normalized spacial score (nSPS) is 18.6. The summed E-state index contributed by atoms with van der Waals surface area (Å²) in [5.41, 5.74) is 3.29. The number of β-amino-alcohol motifs (C(OH)–C–C–N with tert-alkyl or cyclic N) is 1. The van der Waals surface area contributed by atoms with Gasteiger partial charge in [-0.05, 0) is 66.4 Å². The van der Waals surface area contributed by atoms with E-state index in [0.29, 0.717) is 35.1 Å². The highest BCUT2D eigenvalue weighted by atomic mass is 79.9.